The van der Waals surface area contributed by atoms with Crippen LogP contribution in [-0.2, 0) is 13.0 Å². The highest BCUT2D eigenvalue weighted by Crippen LogP contribution is 1.88. The van der Waals surface area contributed by atoms with E-state index in [9.17, 15) is 4.79 Å². The molecule has 1 aromatic rings. The average Bonchev–Trinajstić information content (AvgIpc) is 2.09. The van der Waals surface area contributed by atoms with Crippen LogP contribution in [0.2, 0.25) is 0 Å². The maximum atomic E-state index is 11.2. The first kappa shape index (κ1) is 8.93. The van der Waals surface area contributed by atoms with Gasteiger partial charge in [-0.1, -0.05) is 6.92 Å². The highest BCUT2D eigenvalue weighted by atomic mass is 16.3. The number of aliphatic hydroxyl groups excluding tert-OH is 1. The van der Waals surface area contributed by atoms with Crippen LogP contribution in [0.5, 0.6) is 0 Å². The summed E-state index contributed by atoms with van der Waals surface area (Å²) in [5.41, 5.74) is 0.685. The molecule has 0 fully saturated rings. The highest BCUT2D eigenvalue weighted by molar-refractivity contribution is 4.98. The van der Waals surface area contributed by atoms with Gasteiger partial charge in [0, 0.05) is 11.8 Å². The fraction of sp³-hybridized carbons (Fsp3) is 0.500. The van der Waals surface area contributed by atoms with E-state index in [1.165, 1.54) is 17.0 Å². The van der Waals surface area contributed by atoms with Gasteiger partial charge in [0.1, 0.15) is 0 Å². The minimum Gasteiger partial charge on any atom is -0.395 e. The summed E-state index contributed by atoms with van der Waals surface area (Å²) in [6, 6.07) is 1.50. The third kappa shape index (κ3) is 1.92. The number of aromatic nitrogens is 2. The van der Waals surface area contributed by atoms with Gasteiger partial charge < -0.3 is 5.11 Å². The summed E-state index contributed by atoms with van der Waals surface area (Å²) in [5.74, 6) is 0. The van der Waals surface area contributed by atoms with Crippen molar-refractivity contribution in [1.82, 2.24) is 9.55 Å². The fourth-order valence-electron chi connectivity index (χ4n) is 0.932. The second-order valence-corrected chi connectivity index (χ2v) is 2.49. The van der Waals surface area contributed by atoms with Crippen molar-refractivity contribution in [3.8, 4) is 0 Å². The predicted octanol–water partition coefficient (Wildman–Crippen LogP) is -0.202. The van der Waals surface area contributed by atoms with Gasteiger partial charge in [0.25, 0.3) is 5.56 Å². The Hall–Kier alpha value is -1.16. The lowest BCUT2D eigenvalue weighted by Crippen LogP contribution is -2.21. The third-order valence-electron chi connectivity index (χ3n) is 1.64. The lowest BCUT2D eigenvalue weighted by Gasteiger charge is -2.01. The van der Waals surface area contributed by atoms with E-state index in [4.69, 9.17) is 5.11 Å². The Bertz CT molecular complexity index is 306. The summed E-state index contributed by atoms with van der Waals surface area (Å²) in [4.78, 5) is 15.2. The second-order valence-electron chi connectivity index (χ2n) is 2.49. The molecule has 0 aliphatic rings. The van der Waals surface area contributed by atoms with Crippen molar-refractivity contribution in [2.45, 2.75) is 19.9 Å². The van der Waals surface area contributed by atoms with Crippen LogP contribution in [0.25, 0.3) is 0 Å². The van der Waals surface area contributed by atoms with Crippen LogP contribution in [0.15, 0.2) is 17.2 Å². The molecular formula is C8H12N2O2. The largest absolute Gasteiger partial charge is 0.395 e. The topological polar surface area (TPSA) is 55.1 Å². The summed E-state index contributed by atoms with van der Waals surface area (Å²) in [6.45, 7) is 2.22. The summed E-state index contributed by atoms with van der Waals surface area (Å²) >= 11 is 0. The molecule has 0 amide bonds. The summed E-state index contributed by atoms with van der Waals surface area (Å²) in [7, 11) is 0. The molecule has 0 spiro atoms. The first-order valence-electron chi connectivity index (χ1n) is 3.94. The molecule has 0 aliphatic heterocycles. The van der Waals surface area contributed by atoms with E-state index < -0.39 is 0 Å². The van der Waals surface area contributed by atoms with Crippen LogP contribution >= 0.6 is 0 Å². The molecule has 66 valence electrons. The number of rotatable bonds is 3. The van der Waals surface area contributed by atoms with Gasteiger partial charge in [0.15, 0.2) is 0 Å². The monoisotopic (exact) mass is 168 g/mol. The number of nitrogens with zero attached hydrogens (tertiary/aromatic N) is 2. The minimum atomic E-state index is -0.101. The quantitative estimate of drug-likeness (QED) is 0.680. The van der Waals surface area contributed by atoms with Crippen molar-refractivity contribution >= 4 is 0 Å². The van der Waals surface area contributed by atoms with Crippen LogP contribution in [0.4, 0.5) is 0 Å². The van der Waals surface area contributed by atoms with Gasteiger partial charge in [-0.15, -0.1) is 0 Å². The maximum absolute atomic E-state index is 11.2. The maximum Gasteiger partial charge on any atom is 0.253 e. The molecule has 4 heteroatoms. The van der Waals surface area contributed by atoms with Crippen molar-refractivity contribution in [2.75, 3.05) is 6.61 Å². The van der Waals surface area contributed by atoms with Gasteiger partial charge in [-0.3, -0.25) is 9.36 Å². The Morgan fingerprint density at radius 1 is 1.67 bits per heavy atom. The molecule has 0 saturated carbocycles. The minimum absolute atomic E-state index is 0.0347. The molecule has 0 unspecified atom stereocenters. The van der Waals surface area contributed by atoms with Gasteiger partial charge >= 0.3 is 0 Å². The van der Waals surface area contributed by atoms with Crippen molar-refractivity contribution in [3.05, 3.63) is 28.4 Å². The molecule has 1 rings (SSSR count). The van der Waals surface area contributed by atoms with Crippen molar-refractivity contribution in [3.63, 3.8) is 0 Å². The van der Waals surface area contributed by atoms with E-state index >= 15 is 0 Å². The molecule has 0 atom stereocenters. The van der Waals surface area contributed by atoms with E-state index in [0.29, 0.717) is 6.54 Å². The molecule has 1 aromatic heterocycles. The van der Waals surface area contributed by atoms with E-state index in [0.717, 1.165) is 12.1 Å². The number of aryl methyl sites for hydroxylation is 1. The first-order valence-corrected chi connectivity index (χ1v) is 3.94. The Morgan fingerprint density at radius 3 is 2.92 bits per heavy atom. The number of aliphatic hydroxyl groups is 1. The zero-order chi connectivity index (χ0) is 8.97. The molecule has 0 saturated heterocycles. The smallest absolute Gasteiger partial charge is 0.253 e. The Labute approximate surface area is 70.5 Å². The van der Waals surface area contributed by atoms with Crippen LogP contribution in [0, 0.1) is 0 Å². The lowest BCUT2D eigenvalue weighted by atomic mass is 10.3. The van der Waals surface area contributed by atoms with Crippen LogP contribution in [0.1, 0.15) is 12.6 Å². The predicted molar refractivity (Wildman–Crippen MR) is 45.0 cm³/mol. The Morgan fingerprint density at radius 2 is 2.42 bits per heavy atom. The standard InChI is InChI=1S/C8H12N2O2/c1-2-7-5-8(12)10(3-4-11)6-9-7/h5-6,11H,2-4H2,1H3. The normalized spacial score (nSPS) is 10.2. The van der Waals surface area contributed by atoms with Crippen LogP contribution < -0.4 is 5.56 Å². The molecule has 0 radical (unpaired) electrons. The Balaban J connectivity index is 2.96. The summed E-state index contributed by atoms with van der Waals surface area (Å²) in [6.07, 6.45) is 2.23. The van der Waals surface area contributed by atoms with Crippen LogP contribution in [0.3, 0.4) is 0 Å². The van der Waals surface area contributed by atoms with Gasteiger partial charge in [0.2, 0.25) is 0 Å². The van der Waals surface area contributed by atoms with Crippen LogP contribution in [-0.4, -0.2) is 21.3 Å². The SMILES string of the molecule is CCc1cc(=O)n(CCO)cn1. The number of hydrogen-bond acceptors (Lipinski definition) is 3. The molecule has 1 N–H and O–H groups in total. The van der Waals surface area contributed by atoms with Gasteiger partial charge in [-0.05, 0) is 6.42 Å². The van der Waals surface area contributed by atoms with Crippen molar-refractivity contribution in [2.24, 2.45) is 0 Å². The fourth-order valence-corrected chi connectivity index (χ4v) is 0.932. The molecule has 12 heavy (non-hydrogen) atoms. The van der Waals surface area contributed by atoms with E-state index in [1.54, 1.807) is 0 Å². The van der Waals surface area contributed by atoms with Gasteiger partial charge in [-0.2, -0.15) is 0 Å². The van der Waals surface area contributed by atoms with Crippen molar-refractivity contribution in [1.29, 1.82) is 0 Å². The Kier molecular flexibility index (Phi) is 2.99. The van der Waals surface area contributed by atoms with Crippen molar-refractivity contribution < 1.29 is 5.11 Å². The highest BCUT2D eigenvalue weighted by Gasteiger charge is 1.96. The first-order chi connectivity index (χ1) is 5.77. The molecular weight excluding hydrogens is 156 g/mol. The van der Waals surface area contributed by atoms with Gasteiger partial charge in [0.05, 0.1) is 19.5 Å². The number of hydrogen-bond donors (Lipinski definition) is 1. The zero-order valence-corrected chi connectivity index (χ0v) is 7.03. The molecule has 0 aliphatic carbocycles. The van der Waals surface area contributed by atoms with E-state index in [1.807, 2.05) is 6.92 Å². The van der Waals surface area contributed by atoms with E-state index in [2.05, 4.69) is 4.98 Å². The zero-order valence-electron chi connectivity index (χ0n) is 7.03. The summed E-state index contributed by atoms with van der Waals surface area (Å²) in [5, 5.41) is 8.58. The second kappa shape index (κ2) is 4.01. The molecule has 4 nitrogen and oxygen atoms in total. The molecule has 1 heterocycles. The molecule has 0 aromatic carbocycles. The summed E-state index contributed by atoms with van der Waals surface area (Å²) < 4.78 is 1.39. The lowest BCUT2D eigenvalue weighted by molar-refractivity contribution is 0.273. The third-order valence-corrected chi connectivity index (χ3v) is 1.64. The average molecular weight is 168 g/mol. The van der Waals surface area contributed by atoms with Gasteiger partial charge in [-0.25, -0.2) is 4.98 Å². The van der Waals surface area contributed by atoms with E-state index in [-0.39, 0.29) is 12.2 Å². The molecule has 0 bridgehead atoms.